The van der Waals surface area contributed by atoms with Crippen molar-refractivity contribution in [2.24, 2.45) is 5.92 Å². The van der Waals surface area contributed by atoms with Crippen molar-refractivity contribution in [1.29, 1.82) is 0 Å². The van der Waals surface area contributed by atoms with Gasteiger partial charge in [0.15, 0.2) is 0 Å². The van der Waals surface area contributed by atoms with E-state index in [2.05, 4.69) is 37.2 Å². The number of carbonyl (C=O) groups is 1. The van der Waals surface area contributed by atoms with Crippen molar-refractivity contribution in [2.45, 2.75) is 32.8 Å². The van der Waals surface area contributed by atoms with Crippen LogP contribution in [0.1, 0.15) is 37.6 Å². The monoisotopic (exact) mass is 391 g/mol. The second-order valence-corrected chi connectivity index (χ2v) is 7.27. The number of hydrogen-bond acceptors (Lipinski definition) is 2. The highest BCUT2D eigenvalue weighted by molar-refractivity contribution is 9.11. The molecular weight excluding hydrogens is 374 g/mol. The molecule has 0 aliphatic heterocycles. The Morgan fingerprint density at radius 3 is 2.32 bits per heavy atom. The zero-order chi connectivity index (χ0) is 14.6. The van der Waals surface area contributed by atoms with Crippen molar-refractivity contribution >= 4 is 37.8 Å². The molecular formula is C14H19Br2NO2. The normalized spacial score (nSPS) is 14.3. The van der Waals surface area contributed by atoms with Crippen molar-refractivity contribution in [3.8, 4) is 0 Å². The number of halogens is 2. The van der Waals surface area contributed by atoms with Crippen molar-refractivity contribution in [1.82, 2.24) is 5.32 Å². The molecule has 0 aliphatic carbocycles. The third-order valence-corrected chi connectivity index (χ3v) is 3.52. The lowest BCUT2D eigenvalue weighted by Gasteiger charge is -2.25. The highest BCUT2D eigenvalue weighted by atomic mass is 79.9. The van der Waals surface area contributed by atoms with Gasteiger partial charge in [0.05, 0.1) is 5.60 Å². The molecule has 0 saturated carbocycles. The first kappa shape index (κ1) is 16.7. The number of carbonyl (C=O) groups excluding carboxylic acids is 1. The van der Waals surface area contributed by atoms with Crippen molar-refractivity contribution in [3.63, 3.8) is 0 Å². The lowest BCUT2D eigenvalue weighted by molar-refractivity contribution is 0.0368. The van der Waals surface area contributed by atoms with Gasteiger partial charge in [0.1, 0.15) is 0 Å². The Morgan fingerprint density at radius 2 is 1.84 bits per heavy atom. The Labute approximate surface area is 131 Å². The van der Waals surface area contributed by atoms with Crippen LogP contribution in [0.2, 0.25) is 0 Å². The van der Waals surface area contributed by atoms with Gasteiger partial charge in [-0.1, -0.05) is 45.7 Å². The van der Waals surface area contributed by atoms with E-state index in [1.165, 1.54) is 0 Å². The van der Waals surface area contributed by atoms with Crippen LogP contribution < -0.4 is 5.32 Å². The Morgan fingerprint density at radius 1 is 1.32 bits per heavy atom. The number of nitrogens with one attached hydrogen (secondary N) is 1. The Balaban J connectivity index is 2.65. The van der Waals surface area contributed by atoms with E-state index >= 15 is 0 Å². The summed E-state index contributed by atoms with van der Waals surface area (Å²) in [6, 6.07) is 5.36. The van der Waals surface area contributed by atoms with Gasteiger partial charge in [-0.2, -0.15) is 0 Å². The largest absolute Gasteiger partial charge is 0.388 e. The second-order valence-electron chi connectivity index (χ2n) is 5.44. The van der Waals surface area contributed by atoms with Crippen LogP contribution >= 0.6 is 31.9 Å². The molecule has 1 rings (SSSR count). The van der Waals surface area contributed by atoms with Crippen LogP contribution in [0.15, 0.2) is 27.1 Å². The van der Waals surface area contributed by atoms with Crippen molar-refractivity contribution in [3.05, 3.63) is 32.7 Å². The third kappa shape index (κ3) is 6.06. The maximum absolute atomic E-state index is 12.0. The molecule has 1 aromatic rings. The molecule has 106 valence electrons. The first-order valence-corrected chi connectivity index (χ1v) is 7.75. The standard InChI is InChI=1S/C14H19Br2NO2/c1-9(2)7-14(3,19)8-17-13(18)10-4-11(15)6-12(16)5-10/h4-6,9,19H,7-8H2,1-3H3,(H,17,18). The molecule has 0 spiro atoms. The van der Waals surface area contributed by atoms with Gasteiger partial charge in [-0.05, 0) is 37.5 Å². The van der Waals surface area contributed by atoms with Crippen LogP contribution in [0.4, 0.5) is 0 Å². The van der Waals surface area contributed by atoms with E-state index in [0.29, 0.717) is 17.9 Å². The van der Waals surface area contributed by atoms with E-state index < -0.39 is 5.60 Å². The van der Waals surface area contributed by atoms with Crippen LogP contribution in [-0.2, 0) is 0 Å². The van der Waals surface area contributed by atoms with E-state index in [-0.39, 0.29) is 12.5 Å². The van der Waals surface area contributed by atoms with Crippen LogP contribution in [-0.4, -0.2) is 23.2 Å². The fourth-order valence-electron chi connectivity index (χ4n) is 2.01. The lowest BCUT2D eigenvalue weighted by Crippen LogP contribution is -2.41. The summed E-state index contributed by atoms with van der Waals surface area (Å²) in [5.74, 6) is 0.193. The van der Waals surface area contributed by atoms with Gasteiger partial charge < -0.3 is 10.4 Å². The molecule has 1 aromatic carbocycles. The first-order chi connectivity index (χ1) is 8.69. The van der Waals surface area contributed by atoms with Gasteiger partial charge in [-0.3, -0.25) is 4.79 Å². The number of rotatable bonds is 5. The number of benzene rings is 1. The van der Waals surface area contributed by atoms with Gasteiger partial charge in [-0.15, -0.1) is 0 Å². The first-order valence-electron chi connectivity index (χ1n) is 6.16. The summed E-state index contributed by atoms with van der Waals surface area (Å²) in [6.45, 7) is 6.07. The van der Waals surface area contributed by atoms with Crippen LogP contribution in [0.5, 0.6) is 0 Å². The van der Waals surface area contributed by atoms with Crippen LogP contribution in [0.3, 0.4) is 0 Å². The highest BCUT2D eigenvalue weighted by Gasteiger charge is 2.22. The number of amides is 1. The molecule has 2 N–H and O–H groups in total. The maximum atomic E-state index is 12.0. The number of hydrogen-bond donors (Lipinski definition) is 2. The zero-order valence-electron chi connectivity index (χ0n) is 11.3. The molecule has 1 unspecified atom stereocenters. The van der Waals surface area contributed by atoms with Gasteiger partial charge in [0.25, 0.3) is 5.91 Å². The summed E-state index contributed by atoms with van der Waals surface area (Å²) in [4.78, 5) is 12.0. The average molecular weight is 393 g/mol. The highest BCUT2D eigenvalue weighted by Crippen LogP contribution is 2.20. The Hall–Kier alpha value is -0.390. The molecule has 1 amide bonds. The van der Waals surface area contributed by atoms with Crippen LogP contribution in [0.25, 0.3) is 0 Å². The molecule has 0 fully saturated rings. The molecule has 0 radical (unpaired) electrons. The van der Waals surface area contributed by atoms with Crippen molar-refractivity contribution in [2.75, 3.05) is 6.54 Å². The average Bonchev–Trinajstić information content (AvgIpc) is 2.22. The minimum Gasteiger partial charge on any atom is -0.388 e. The minimum atomic E-state index is -0.882. The maximum Gasteiger partial charge on any atom is 0.251 e. The molecule has 5 heteroatoms. The molecule has 19 heavy (non-hydrogen) atoms. The summed E-state index contributed by atoms with van der Waals surface area (Å²) in [5, 5.41) is 12.9. The summed E-state index contributed by atoms with van der Waals surface area (Å²) in [6.07, 6.45) is 0.648. The Bertz CT molecular complexity index is 439. The SMILES string of the molecule is CC(C)CC(C)(O)CNC(=O)c1cc(Br)cc(Br)c1. The van der Waals surface area contributed by atoms with Crippen LogP contribution in [0, 0.1) is 5.92 Å². The molecule has 0 heterocycles. The topological polar surface area (TPSA) is 49.3 Å². The summed E-state index contributed by atoms with van der Waals surface area (Å²) < 4.78 is 1.67. The van der Waals surface area contributed by atoms with Gasteiger partial charge in [0.2, 0.25) is 0 Å². The summed E-state index contributed by atoms with van der Waals surface area (Å²) in [5.41, 5.74) is -0.325. The van der Waals surface area contributed by atoms with Gasteiger partial charge >= 0.3 is 0 Å². The minimum absolute atomic E-state index is 0.189. The molecule has 0 aliphatic rings. The molecule has 0 aromatic heterocycles. The fraction of sp³-hybridized carbons (Fsp3) is 0.500. The van der Waals surface area contributed by atoms with E-state index in [0.717, 1.165) is 8.95 Å². The zero-order valence-corrected chi connectivity index (χ0v) is 14.5. The smallest absolute Gasteiger partial charge is 0.251 e. The lowest BCUT2D eigenvalue weighted by atomic mass is 9.94. The summed E-state index contributed by atoms with van der Waals surface area (Å²) in [7, 11) is 0. The molecule has 3 nitrogen and oxygen atoms in total. The predicted molar refractivity (Wildman–Crippen MR) is 84.3 cm³/mol. The number of aliphatic hydroxyl groups is 1. The van der Waals surface area contributed by atoms with E-state index in [1.54, 1.807) is 19.1 Å². The van der Waals surface area contributed by atoms with Crippen molar-refractivity contribution < 1.29 is 9.90 Å². The van der Waals surface area contributed by atoms with E-state index in [1.807, 2.05) is 19.9 Å². The fourth-order valence-corrected chi connectivity index (χ4v) is 3.30. The molecule has 0 bridgehead atoms. The quantitative estimate of drug-likeness (QED) is 0.801. The second kappa shape index (κ2) is 6.86. The summed E-state index contributed by atoms with van der Waals surface area (Å²) >= 11 is 6.69. The van der Waals surface area contributed by atoms with Gasteiger partial charge in [-0.25, -0.2) is 0 Å². The van der Waals surface area contributed by atoms with E-state index in [9.17, 15) is 9.90 Å². The molecule has 0 saturated heterocycles. The molecule has 1 atom stereocenters. The Kier molecular flexibility index (Phi) is 6.02. The van der Waals surface area contributed by atoms with Gasteiger partial charge in [0, 0.05) is 21.1 Å². The predicted octanol–water partition coefficient (Wildman–Crippen LogP) is 3.74. The third-order valence-electron chi connectivity index (χ3n) is 2.60. The van der Waals surface area contributed by atoms with E-state index in [4.69, 9.17) is 0 Å².